The summed E-state index contributed by atoms with van der Waals surface area (Å²) in [4.78, 5) is 0. The van der Waals surface area contributed by atoms with Gasteiger partial charge >= 0.3 is 143 Å². The fourth-order valence-electron chi connectivity index (χ4n) is 3.66. The molecule has 0 fully saturated rings. The van der Waals surface area contributed by atoms with Gasteiger partial charge in [-0.3, -0.25) is 0 Å². The zero-order chi connectivity index (χ0) is 16.3. The van der Waals surface area contributed by atoms with Crippen molar-refractivity contribution in [1.29, 1.82) is 0 Å². The van der Waals surface area contributed by atoms with E-state index in [0.717, 1.165) is 13.0 Å². The quantitative estimate of drug-likeness (QED) is 0.341. The van der Waals surface area contributed by atoms with Gasteiger partial charge < -0.3 is 0 Å². The molecule has 22 heavy (non-hydrogen) atoms. The van der Waals surface area contributed by atoms with Crippen LogP contribution in [-0.2, 0) is 9.47 Å². The maximum absolute atomic E-state index is 5.95. The molecule has 0 aromatic carbocycles. The van der Waals surface area contributed by atoms with E-state index in [9.17, 15) is 0 Å². The zero-order valence-electron chi connectivity index (χ0n) is 15.5. The van der Waals surface area contributed by atoms with Crippen LogP contribution in [-0.4, -0.2) is 31.3 Å². The standard InChI is InChI=1S/C7H11O2.3C4H9.Sn/c1-2-8-7-5-3-4-6-9-7;3*1-3-4-2;/h6-7H,2-3,5H2,1H3;3*1,3-4H2,2H3;. The Morgan fingerprint density at radius 2 is 1.55 bits per heavy atom. The normalized spacial score (nSPS) is 18.9. The maximum atomic E-state index is 5.95. The number of allylic oxidation sites excluding steroid dienone is 1. The first-order valence-electron chi connectivity index (χ1n) is 9.69. The van der Waals surface area contributed by atoms with Crippen molar-refractivity contribution in [2.75, 3.05) is 6.61 Å². The van der Waals surface area contributed by atoms with Crippen molar-refractivity contribution in [2.24, 2.45) is 0 Å². The van der Waals surface area contributed by atoms with Gasteiger partial charge in [-0.05, 0) is 0 Å². The molecule has 0 N–H and O–H groups in total. The second-order valence-electron chi connectivity index (χ2n) is 6.79. The summed E-state index contributed by atoms with van der Waals surface area (Å²) < 4.78 is 18.0. The number of ether oxygens (including phenoxy) is 2. The van der Waals surface area contributed by atoms with Crippen molar-refractivity contribution < 1.29 is 9.47 Å². The average molecular weight is 417 g/mol. The molecule has 3 heteroatoms. The van der Waals surface area contributed by atoms with Gasteiger partial charge in [-0.2, -0.15) is 0 Å². The molecule has 0 aromatic rings. The molecule has 0 aromatic heterocycles. The molecule has 0 amide bonds. The third-order valence-corrected chi connectivity index (χ3v) is 21.2. The van der Waals surface area contributed by atoms with Crippen molar-refractivity contribution in [2.45, 2.75) is 98.7 Å². The molecular formula is C19H38O2Sn. The zero-order valence-corrected chi connectivity index (χ0v) is 18.3. The van der Waals surface area contributed by atoms with Gasteiger partial charge in [0.25, 0.3) is 0 Å². The van der Waals surface area contributed by atoms with Crippen LogP contribution in [0, 0.1) is 0 Å². The van der Waals surface area contributed by atoms with E-state index in [1.807, 2.05) is 0 Å². The van der Waals surface area contributed by atoms with Crippen molar-refractivity contribution in [3.63, 3.8) is 0 Å². The molecule has 0 radical (unpaired) electrons. The second-order valence-corrected chi connectivity index (χ2v) is 20.2. The summed E-state index contributed by atoms with van der Waals surface area (Å²) in [7, 11) is 0. The first-order valence-corrected chi connectivity index (χ1v) is 17.2. The minimum atomic E-state index is -2.21. The Kier molecular flexibility index (Phi) is 10.9. The van der Waals surface area contributed by atoms with Crippen LogP contribution in [0.5, 0.6) is 0 Å². The Morgan fingerprint density at radius 1 is 1.00 bits per heavy atom. The molecule has 0 bridgehead atoms. The van der Waals surface area contributed by atoms with E-state index in [2.05, 4.69) is 34.0 Å². The van der Waals surface area contributed by atoms with E-state index >= 15 is 0 Å². The van der Waals surface area contributed by atoms with Crippen molar-refractivity contribution in [1.82, 2.24) is 0 Å². The predicted octanol–water partition coefficient (Wildman–Crippen LogP) is 6.43. The van der Waals surface area contributed by atoms with E-state index in [0.29, 0.717) is 0 Å². The van der Waals surface area contributed by atoms with E-state index in [1.54, 1.807) is 16.9 Å². The molecule has 0 aliphatic carbocycles. The van der Waals surface area contributed by atoms with Crippen LogP contribution in [0.1, 0.15) is 79.1 Å². The van der Waals surface area contributed by atoms with Crippen LogP contribution in [0.3, 0.4) is 0 Å². The van der Waals surface area contributed by atoms with Crippen molar-refractivity contribution in [3.8, 4) is 0 Å². The van der Waals surface area contributed by atoms with Crippen molar-refractivity contribution >= 4 is 18.4 Å². The van der Waals surface area contributed by atoms with Gasteiger partial charge in [-0.25, -0.2) is 0 Å². The van der Waals surface area contributed by atoms with E-state index in [4.69, 9.17) is 9.47 Å². The SMILES string of the molecule is CCC[CH2][Sn]([CH2]CCC)([CH2]CCC)[C]1=COC(OCC)CC1. The summed E-state index contributed by atoms with van der Waals surface area (Å²) in [6, 6.07) is 0. The second kappa shape index (κ2) is 11.8. The van der Waals surface area contributed by atoms with Gasteiger partial charge in [0.15, 0.2) is 0 Å². The number of rotatable bonds is 12. The molecule has 0 spiro atoms. The van der Waals surface area contributed by atoms with E-state index in [-0.39, 0.29) is 6.29 Å². The van der Waals surface area contributed by atoms with Gasteiger partial charge in [0, 0.05) is 0 Å². The van der Waals surface area contributed by atoms with Crippen LogP contribution in [0.25, 0.3) is 0 Å². The predicted molar refractivity (Wildman–Crippen MR) is 98.7 cm³/mol. The summed E-state index contributed by atoms with van der Waals surface area (Å²) in [5, 5.41) is 0. The molecule has 1 unspecified atom stereocenters. The van der Waals surface area contributed by atoms with Gasteiger partial charge in [-0.15, -0.1) is 0 Å². The fourth-order valence-corrected chi connectivity index (χ4v) is 20.2. The molecule has 2 nitrogen and oxygen atoms in total. The van der Waals surface area contributed by atoms with Gasteiger partial charge in [0.2, 0.25) is 0 Å². The Bertz CT molecular complexity index is 293. The Labute approximate surface area is 142 Å². The number of hydrogen-bond acceptors (Lipinski definition) is 2. The molecule has 1 heterocycles. The van der Waals surface area contributed by atoms with Crippen LogP contribution in [0.2, 0.25) is 13.3 Å². The topological polar surface area (TPSA) is 18.5 Å². The van der Waals surface area contributed by atoms with E-state index < -0.39 is 18.4 Å². The van der Waals surface area contributed by atoms with Gasteiger partial charge in [0.05, 0.1) is 0 Å². The Balaban J connectivity index is 2.85. The summed E-state index contributed by atoms with van der Waals surface area (Å²) in [5.41, 5.74) is 0. The molecule has 1 aliphatic rings. The number of unbranched alkanes of at least 4 members (excludes halogenated alkanes) is 3. The minimum absolute atomic E-state index is 0.0151. The molecule has 1 aliphatic heterocycles. The monoisotopic (exact) mass is 418 g/mol. The van der Waals surface area contributed by atoms with E-state index in [1.165, 1.54) is 44.9 Å². The fraction of sp³-hybridized carbons (Fsp3) is 0.895. The summed E-state index contributed by atoms with van der Waals surface area (Å²) >= 11 is -2.21. The van der Waals surface area contributed by atoms with Crippen LogP contribution in [0.15, 0.2) is 9.85 Å². The third kappa shape index (κ3) is 6.43. The van der Waals surface area contributed by atoms with Gasteiger partial charge in [-0.1, -0.05) is 0 Å². The van der Waals surface area contributed by atoms with Crippen molar-refractivity contribution in [3.05, 3.63) is 9.85 Å². The molecule has 0 saturated carbocycles. The molecular weight excluding hydrogens is 379 g/mol. The van der Waals surface area contributed by atoms with Crippen LogP contribution < -0.4 is 0 Å². The molecule has 1 rings (SSSR count). The molecule has 1 atom stereocenters. The summed E-state index contributed by atoms with van der Waals surface area (Å²) in [5.74, 6) is 0. The first kappa shape index (κ1) is 20.3. The van der Waals surface area contributed by atoms with Crippen LogP contribution >= 0.6 is 0 Å². The van der Waals surface area contributed by atoms with Gasteiger partial charge in [0.1, 0.15) is 0 Å². The summed E-state index contributed by atoms with van der Waals surface area (Å²) in [6.07, 6.45) is 12.8. The Hall–Kier alpha value is 0.299. The van der Waals surface area contributed by atoms with Crippen LogP contribution in [0.4, 0.5) is 0 Å². The summed E-state index contributed by atoms with van der Waals surface area (Å²) in [6.45, 7) is 9.83. The molecule has 0 saturated heterocycles. The number of hydrogen-bond donors (Lipinski definition) is 0. The Morgan fingerprint density at radius 3 is 1.91 bits per heavy atom. The molecule has 130 valence electrons. The third-order valence-electron chi connectivity index (χ3n) is 5.07. The first-order chi connectivity index (χ1) is 10.7. The average Bonchev–Trinajstić information content (AvgIpc) is 2.56.